The molecule has 1 aromatic carbocycles. The van der Waals surface area contributed by atoms with E-state index in [4.69, 9.17) is 0 Å². The van der Waals surface area contributed by atoms with Crippen LogP contribution in [0.25, 0.3) is 11.2 Å². The van der Waals surface area contributed by atoms with Crippen molar-refractivity contribution in [3.63, 3.8) is 0 Å². The van der Waals surface area contributed by atoms with Crippen LogP contribution in [-0.2, 0) is 11.2 Å². The number of fused-ring (bicyclic) bond motifs is 1. The number of benzene rings is 1. The number of imidazole rings is 1. The van der Waals surface area contributed by atoms with Crippen LogP contribution in [0.3, 0.4) is 0 Å². The third kappa shape index (κ3) is 3.14. The second-order valence-corrected chi connectivity index (χ2v) is 6.96. The Balaban J connectivity index is 1.61. The molecule has 128 valence electrons. The van der Waals surface area contributed by atoms with Gasteiger partial charge in [-0.1, -0.05) is 29.8 Å². The number of nitrogens with one attached hydrogen (secondary N) is 1. The van der Waals surface area contributed by atoms with Crippen LogP contribution in [0.1, 0.15) is 42.0 Å². The molecule has 0 saturated heterocycles. The lowest BCUT2D eigenvalue weighted by Gasteiger charge is -2.28. The van der Waals surface area contributed by atoms with E-state index in [1.165, 1.54) is 12.0 Å². The SMILES string of the molecule is Cc1ccc(CC(=O)Nc2nc3cc(C)cnc3n2C2CCC2)cc1. The van der Waals surface area contributed by atoms with Gasteiger partial charge in [-0.3, -0.25) is 14.7 Å². The lowest BCUT2D eigenvalue weighted by atomic mass is 9.93. The Kier molecular flexibility index (Phi) is 3.99. The van der Waals surface area contributed by atoms with Crippen molar-refractivity contribution >= 4 is 23.0 Å². The molecule has 2 heterocycles. The largest absolute Gasteiger partial charge is 0.296 e. The fraction of sp³-hybridized carbons (Fsp3) is 0.350. The number of anilines is 1. The van der Waals surface area contributed by atoms with Crippen LogP contribution in [-0.4, -0.2) is 20.4 Å². The highest BCUT2D eigenvalue weighted by Gasteiger charge is 2.26. The lowest BCUT2D eigenvalue weighted by Crippen LogP contribution is -2.23. The van der Waals surface area contributed by atoms with E-state index < -0.39 is 0 Å². The zero-order valence-corrected chi connectivity index (χ0v) is 14.6. The second-order valence-electron chi connectivity index (χ2n) is 6.96. The average Bonchev–Trinajstić information content (AvgIpc) is 2.85. The molecule has 25 heavy (non-hydrogen) atoms. The molecule has 1 aliphatic carbocycles. The van der Waals surface area contributed by atoms with Crippen molar-refractivity contribution in [3.05, 3.63) is 53.2 Å². The summed E-state index contributed by atoms with van der Waals surface area (Å²) in [6.07, 6.45) is 5.65. The highest BCUT2D eigenvalue weighted by molar-refractivity contribution is 5.92. The van der Waals surface area contributed by atoms with Crippen LogP contribution in [0.2, 0.25) is 0 Å². The van der Waals surface area contributed by atoms with Crippen LogP contribution in [0.4, 0.5) is 5.95 Å². The van der Waals surface area contributed by atoms with E-state index in [-0.39, 0.29) is 5.91 Å². The van der Waals surface area contributed by atoms with Crippen molar-refractivity contribution in [1.29, 1.82) is 0 Å². The summed E-state index contributed by atoms with van der Waals surface area (Å²) in [6.45, 7) is 4.05. The van der Waals surface area contributed by atoms with Gasteiger partial charge in [-0.15, -0.1) is 0 Å². The standard InChI is InChI=1S/C20H22N4O/c1-13-6-8-15(9-7-13)11-18(25)23-20-22-17-10-14(2)12-21-19(17)24(20)16-4-3-5-16/h6-10,12,16H,3-5,11H2,1-2H3,(H,22,23,25). The maximum absolute atomic E-state index is 12.5. The van der Waals surface area contributed by atoms with Gasteiger partial charge in [0.2, 0.25) is 11.9 Å². The molecular formula is C20H22N4O. The molecule has 0 unspecified atom stereocenters. The number of hydrogen-bond acceptors (Lipinski definition) is 3. The third-order valence-corrected chi connectivity index (χ3v) is 4.84. The maximum atomic E-state index is 12.5. The van der Waals surface area contributed by atoms with E-state index >= 15 is 0 Å². The molecule has 0 atom stereocenters. The smallest absolute Gasteiger partial charge is 0.231 e. The molecule has 2 aromatic heterocycles. The van der Waals surface area contributed by atoms with E-state index in [1.807, 2.05) is 50.4 Å². The van der Waals surface area contributed by atoms with E-state index in [2.05, 4.69) is 19.9 Å². The van der Waals surface area contributed by atoms with Gasteiger partial charge in [0.05, 0.1) is 6.42 Å². The number of nitrogens with zero attached hydrogens (tertiary/aromatic N) is 3. The average molecular weight is 334 g/mol. The molecule has 1 amide bonds. The van der Waals surface area contributed by atoms with Crippen molar-refractivity contribution in [2.24, 2.45) is 0 Å². The number of aromatic nitrogens is 3. The van der Waals surface area contributed by atoms with E-state index in [0.29, 0.717) is 18.4 Å². The Bertz CT molecular complexity index is 923. The highest BCUT2D eigenvalue weighted by atomic mass is 16.1. The topological polar surface area (TPSA) is 59.8 Å². The zero-order valence-electron chi connectivity index (χ0n) is 14.6. The molecule has 1 saturated carbocycles. The summed E-state index contributed by atoms with van der Waals surface area (Å²) in [5.41, 5.74) is 4.97. The molecule has 1 aliphatic rings. The molecule has 5 nitrogen and oxygen atoms in total. The number of pyridine rings is 1. The Labute approximate surface area is 147 Å². The minimum absolute atomic E-state index is 0.0449. The summed E-state index contributed by atoms with van der Waals surface area (Å²) < 4.78 is 2.10. The van der Waals surface area contributed by atoms with Crippen LogP contribution in [0.5, 0.6) is 0 Å². The summed E-state index contributed by atoms with van der Waals surface area (Å²) >= 11 is 0. The number of carbonyl (C=O) groups excluding carboxylic acids is 1. The number of amides is 1. The summed E-state index contributed by atoms with van der Waals surface area (Å²) in [7, 11) is 0. The Morgan fingerprint density at radius 1 is 1.20 bits per heavy atom. The summed E-state index contributed by atoms with van der Waals surface area (Å²) in [5.74, 6) is 0.575. The predicted molar refractivity (Wildman–Crippen MR) is 98.7 cm³/mol. The Morgan fingerprint density at radius 3 is 2.64 bits per heavy atom. The number of rotatable bonds is 4. The summed E-state index contributed by atoms with van der Waals surface area (Å²) in [6, 6.07) is 10.4. The Hall–Kier alpha value is -2.69. The van der Waals surface area contributed by atoms with Gasteiger partial charge in [0.15, 0.2) is 5.65 Å². The summed E-state index contributed by atoms with van der Waals surface area (Å²) in [5, 5.41) is 3.00. The van der Waals surface area contributed by atoms with E-state index in [1.54, 1.807) is 0 Å². The first-order valence-electron chi connectivity index (χ1n) is 8.80. The second kappa shape index (κ2) is 6.31. The van der Waals surface area contributed by atoms with Gasteiger partial charge in [-0.2, -0.15) is 0 Å². The van der Waals surface area contributed by atoms with Crippen molar-refractivity contribution in [1.82, 2.24) is 14.5 Å². The van der Waals surface area contributed by atoms with Gasteiger partial charge in [0.1, 0.15) is 5.52 Å². The number of aryl methyl sites for hydroxylation is 2. The molecule has 5 heteroatoms. The number of hydrogen-bond donors (Lipinski definition) is 1. The maximum Gasteiger partial charge on any atom is 0.231 e. The summed E-state index contributed by atoms with van der Waals surface area (Å²) in [4.78, 5) is 21.7. The van der Waals surface area contributed by atoms with Crippen molar-refractivity contribution in [3.8, 4) is 0 Å². The molecule has 0 bridgehead atoms. The normalized spacial score (nSPS) is 14.5. The van der Waals surface area contributed by atoms with E-state index in [0.717, 1.165) is 35.1 Å². The van der Waals surface area contributed by atoms with Gasteiger partial charge in [-0.25, -0.2) is 9.97 Å². The fourth-order valence-corrected chi connectivity index (χ4v) is 3.22. The molecule has 1 N–H and O–H groups in total. The minimum atomic E-state index is -0.0449. The zero-order chi connectivity index (χ0) is 17.4. The fourth-order valence-electron chi connectivity index (χ4n) is 3.22. The first-order chi connectivity index (χ1) is 12.1. The molecule has 3 aromatic rings. The predicted octanol–water partition coefficient (Wildman–Crippen LogP) is 3.95. The van der Waals surface area contributed by atoms with Crippen molar-refractivity contribution < 1.29 is 4.79 Å². The Morgan fingerprint density at radius 2 is 1.96 bits per heavy atom. The van der Waals surface area contributed by atoms with Crippen molar-refractivity contribution in [2.75, 3.05) is 5.32 Å². The number of carbonyl (C=O) groups is 1. The molecule has 0 aliphatic heterocycles. The van der Waals surface area contributed by atoms with Crippen LogP contribution in [0.15, 0.2) is 36.5 Å². The monoisotopic (exact) mass is 334 g/mol. The van der Waals surface area contributed by atoms with Gasteiger partial charge >= 0.3 is 0 Å². The van der Waals surface area contributed by atoms with Crippen molar-refractivity contribution in [2.45, 2.75) is 45.6 Å². The van der Waals surface area contributed by atoms with Gasteiger partial charge < -0.3 is 0 Å². The van der Waals surface area contributed by atoms with E-state index in [9.17, 15) is 4.79 Å². The molecular weight excluding hydrogens is 312 g/mol. The quantitative estimate of drug-likeness (QED) is 0.786. The molecule has 0 radical (unpaired) electrons. The first-order valence-corrected chi connectivity index (χ1v) is 8.80. The van der Waals surface area contributed by atoms with Crippen LogP contribution in [0, 0.1) is 13.8 Å². The van der Waals surface area contributed by atoms with Gasteiger partial charge in [0, 0.05) is 12.2 Å². The van der Waals surface area contributed by atoms with Gasteiger partial charge in [0.25, 0.3) is 0 Å². The van der Waals surface area contributed by atoms with Crippen LogP contribution < -0.4 is 5.32 Å². The third-order valence-electron chi connectivity index (χ3n) is 4.84. The first kappa shape index (κ1) is 15.8. The van der Waals surface area contributed by atoms with Gasteiger partial charge in [-0.05, 0) is 50.3 Å². The molecule has 0 spiro atoms. The lowest BCUT2D eigenvalue weighted by molar-refractivity contribution is -0.115. The molecule has 4 rings (SSSR count). The molecule has 1 fully saturated rings. The minimum Gasteiger partial charge on any atom is -0.296 e. The van der Waals surface area contributed by atoms with Crippen LogP contribution >= 0.6 is 0 Å². The highest BCUT2D eigenvalue weighted by Crippen LogP contribution is 2.36.